The Bertz CT molecular complexity index is 393. The quantitative estimate of drug-likeness (QED) is 0.899. The van der Waals surface area contributed by atoms with E-state index < -0.39 is 6.61 Å². The number of ether oxygens (including phenoxy) is 2. The highest BCUT2D eigenvalue weighted by molar-refractivity contribution is 5.40. The van der Waals surface area contributed by atoms with Gasteiger partial charge in [0, 0.05) is 6.07 Å². The predicted octanol–water partition coefficient (Wildman–Crippen LogP) is 2.76. The van der Waals surface area contributed by atoms with Crippen LogP contribution in [-0.2, 0) is 0 Å². The van der Waals surface area contributed by atoms with Crippen LogP contribution in [0, 0.1) is 0 Å². The number of hydrogen-bond donors (Lipinski definition) is 1. The summed E-state index contributed by atoms with van der Waals surface area (Å²) in [6, 6.07) is 5.07. The third kappa shape index (κ3) is 3.32. The average molecular weight is 257 g/mol. The molecule has 0 saturated carbocycles. The molecule has 18 heavy (non-hydrogen) atoms. The number of halogens is 2. The second-order valence-corrected chi connectivity index (χ2v) is 4.34. The molecule has 5 heteroatoms. The molecule has 0 aromatic heterocycles. The Hall–Kier alpha value is -1.36. The molecule has 0 atom stereocenters. The summed E-state index contributed by atoms with van der Waals surface area (Å²) in [6.45, 7) is -0.905. The monoisotopic (exact) mass is 257 g/mol. The van der Waals surface area contributed by atoms with Crippen LogP contribution in [0.15, 0.2) is 18.2 Å². The van der Waals surface area contributed by atoms with Crippen molar-refractivity contribution in [3.63, 3.8) is 0 Å². The van der Waals surface area contributed by atoms with Crippen molar-refractivity contribution in [1.82, 2.24) is 5.32 Å². The van der Waals surface area contributed by atoms with Crippen molar-refractivity contribution in [3.8, 4) is 11.5 Å². The van der Waals surface area contributed by atoms with Crippen molar-refractivity contribution in [1.29, 1.82) is 0 Å². The van der Waals surface area contributed by atoms with Crippen LogP contribution in [0.1, 0.15) is 24.3 Å². The van der Waals surface area contributed by atoms with Gasteiger partial charge in [-0.3, -0.25) is 0 Å². The Morgan fingerprint density at radius 2 is 1.83 bits per heavy atom. The zero-order valence-electron chi connectivity index (χ0n) is 10.3. The molecule has 1 aliphatic rings. The molecule has 1 fully saturated rings. The number of hydrogen-bond acceptors (Lipinski definition) is 3. The molecular weight excluding hydrogens is 240 g/mol. The van der Waals surface area contributed by atoms with Crippen LogP contribution in [0.5, 0.6) is 11.5 Å². The SMILES string of the molecule is COc1cc(OC(F)F)cc(C2CCNCC2)c1. The fourth-order valence-corrected chi connectivity index (χ4v) is 2.27. The van der Waals surface area contributed by atoms with Crippen molar-refractivity contribution in [2.24, 2.45) is 0 Å². The van der Waals surface area contributed by atoms with Gasteiger partial charge in [0.15, 0.2) is 0 Å². The van der Waals surface area contributed by atoms with E-state index in [-0.39, 0.29) is 5.75 Å². The van der Waals surface area contributed by atoms with E-state index in [1.807, 2.05) is 6.07 Å². The highest BCUT2D eigenvalue weighted by Crippen LogP contribution is 2.32. The van der Waals surface area contributed by atoms with E-state index in [2.05, 4.69) is 10.1 Å². The highest BCUT2D eigenvalue weighted by Gasteiger charge is 2.17. The van der Waals surface area contributed by atoms with Gasteiger partial charge in [-0.15, -0.1) is 0 Å². The molecule has 2 rings (SSSR count). The van der Waals surface area contributed by atoms with Gasteiger partial charge >= 0.3 is 6.61 Å². The van der Waals surface area contributed by atoms with Crippen molar-refractivity contribution in [2.75, 3.05) is 20.2 Å². The third-order valence-electron chi connectivity index (χ3n) is 3.17. The predicted molar refractivity (Wildman–Crippen MR) is 64.5 cm³/mol. The van der Waals surface area contributed by atoms with E-state index in [9.17, 15) is 8.78 Å². The van der Waals surface area contributed by atoms with Crippen LogP contribution in [0.25, 0.3) is 0 Å². The standard InChI is InChI=1S/C13H17F2NO2/c1-17-11-6-10(9-2-4-16-5-3-9)7-12(8-11)18-13(14)15/h6-9,13,16H,2-5H2,1H3. The largest absolute Gasteiger partial charge is 0.497 e. The Morgan fingerprint density at radius 3 is 2.44 bits per heavy atom. The lowest BCUT2D eigenvalue weighted by Gasteiger charge is -2.23. The molecule has 100 valence electrons. The summed E-state index contributed by atoms with van der Waals surface area (Å²) in [4.78, 5) is 0. The van der Waals surface area contributed by atoms with Crippen molar-refractivity contribution in [3.05, 3.63) is 23.8 Å². The maximum atomic E-state index is 12.3. The molecule has 1 heterocycles. The number of alkyl halides is 2. The Labute approximate surface area is 105 Å². The molecule has 1 aliphatic heterocycles. The lowest BCUT2D eigenvalue weighted by Crippen LogP contribution is -2.26. The van der Waals surface area contributed by atoms with Gasteiger partial charge in [0.05, 0.1) is 7.11 Å². The van der Waals surface area contributed by atoms with Crippen molar-refractivity contribution in [2.45, 2.75) is 25.4 Å². The molecule has 0 amide bonds. The van der Waals surface area contributed by atoms with Crippen LogP contribution >= 0.6 is 0 Å². The molecule has 0 aliphatic carbocycles. The van der Waals surface area contributed by atoms with Crippen LogP contribution in [0.2, 0.25) is 0 Å². The van der Waals surface area contributed by atoms with Gasteiger partial charge < -0.3 is 14.8 Å². The second-order valence-electron chi connectivity index (χ2n) is 4.34. The zero-order valence-corrected chi connectivity index (χ0v) is 10.3. The summed E-state index contributed by atoms with van der Waals surface area (Å²) in [6.07, 6.45) is 2.00. The molecule has 3 nitrogen and oxygen atoms in total. The van der Waals surface area contributed by atoms with E-state index in [4.69, 9.17) is 4.74 Å². The normalized spacial score (nSPS) is 16.9. The van der Waals surface area contributed by atoms with Gasteiger partial charge in [-0.25, -0.2) is 0 Å². The molecule has 1 N–H and O–H groups in total. The first-order valence-electron chi connectivity index (χ1n) is 6.03. The molecule has 0 unspecified atom stereocenters. The number of methoxy groups -OCH3 is 1. The minimum atomic E-state index is -2.81. The van der Waals surface area contributed by atoms with E-state index in [0.717, 1.165) is 31.5 Å². The van der Waals surface area contributed by atoms with Gasteiger partial charge in [0.25, 0.3) is 0 Å². The molecule has 0 bridgehead atoms. The van der Waals surface area contributed by atoms with Gasteiger partial charge in [0.2, 0.25) is 0 Å². The molecular formula is C13H17F2NO2. The Morgan fingerprint density at radius 1 is 1.17 bits per heavy atom. The van der Waals surface area contributed by atoms with E-state index in [1.165, 1.54) is 13.2 Å². The van der Waals surface area contributed by atoms with Gasteiger partial charge in [-0.2, -0.15) is 8.78 Å². The van der Waals surface area contributed by atoms with E-state index in [0.29, 0.717) is 11.7 Å². The first-order chi connectivity index (χ1) is 8.69. The topological polar surface area (TPSA) is 30.5 Å². The maximum Gasteiger partial charge on any atom is 0.387 e. The number of piperidine rings is 1. The fraction of sp³-hybridized carbons (Fsp3) is 0.538. The Kier molecular flexibility index (Phi) is 4.36. The summed E-state index contributed by atoms with van der Waals surface area (Å²) < 4.78 is 34.1. The minimum absolute atomic E-state index is 0.165. The average Bonchev–Trinajstić information content (AvgIpc) is 2.38. The van der Waals surface area contributed by atoms with Crippen molar-refractivity contribution >= 4 is 0 Å². The second kappa shape index (κ2) is 6.00. The van der Waals surface area contributed by atoms with Gasteiger partial charge in [-0.1, -0.05) is 0 Å². The highest BCUT2D eigenvalue weighted by atomic mass is 19.3. The summed E-state index contributed by atoms with van der Waals surface area (Å²) >= 11 is 0. The maximum absolute atomic E-state index is 12.3. The minimum Gasteiger partial charge on any atom is -0.497 e. The van der Waals surface area contributed by atoms with E-state index in [1.54, 1.807) is 6.07 Å². The zero-order chi connectivity index (χ0) is 13.0. The summed E-state index contributed by atoms with van der Waals surface area (Å²) in [5.41, 5.74) is 1.01. The summed E-state index contributed by atoms with van der Waals surface area (Å²) in [5.74, 6) is 1.10. The smallest absolute Gasteiger partial charge is 0.387 e. The van der Waals surface area contributed by atoms with Gasteiger partial charge in [-0.05, 0) is 49.5 Å². The van der Waals surface area contributed by atoms with Crippen LogP contribution in [0.4, 0.5) is 8.78 Å². The molecule has 1 saturated heterocycles. The number of benzene rings is 1. The molecule has 1 aromatic carbocycles. The lowest BCUT2D eigenvalue weighted by molar-refractivity contribution is -0.0499. The van der Waals surface area contributed by atoms with Gasteiger partial charge in [0.1, 0.15) is 11.5 Å². The number of rotatable bonds is 4. The molecule has 0 spiro atoms. The molecule has 1 aromatic rings. The van der Waals surface area contributed by atoms with Crippen LogP contribution < -0.4 is 14.8 Å². The van der Waals surface area contributed by atoms with E-state index >= 15 is 0 Å². The fourth-order valence-electron chi connectivity index (χ4n) is 2.27. The summed E-state index contributed by atoms with van der Waals surface area (Å²) in [7, 11) is 1.52. The Balaban J connectivity index is 2.22. The first kappa shape index (κ1) is 13.1. The van der Waals surface area contributed by atoms with Crippen molar-refractivity contribution < 1.29 is 18.3 Å². The summed E-state index contributed by atoms with van der Waals surface area (Å²) in [5, 5.41) is 3.28. The van der Waals surface area contributed by atoms with Crippen LogP contribution in [-0.4, -0.2) is 26.8 Å². The molecule has 0 radical (unpaired) electrons. The number of nitrogens with one attached hydrogen (secondary N) is 1. The third-order valence-corrected chi connectivity index (χ3v) is 3.17. The lowest BCUT2D eigenvalue weighted by atomic mass is 9.90. The van der Waals surface area contributed by atoms with Crippen LogP contribution in [0.3, 0.4) is 0 Å². The first-order valence-corrected chi connectivity index (χ1v) is 6.03.